The molecule has 1 aliphatic rings. The fourth-order valence-corrected chi connectivity index (χ4v) is 3.53. The number of hydrogen-bond donors (Lipinski definition) is 2. The van der Waals surface area contributed by atoms with E-state index in [1.165, 1.54) is 23.5 Å². The summed E-state index contributed by atoms with van der Waals surface area (Å²) in [6, 6.07) is 6.66. The first-order valence-electron chi connectivity index (χ1n) is 7.87. The highest BCUT2D eigenvalue weighted by Crippen LogP contribution is 2.16. The van der Waals surface area contributed by atoms with E-state index in [0.29, 0.717) is 12.8 Å². The fraction of sp³-hybridized carbons (Fsp3) is 0.412. The highest BCUT2D eigenvalue weighted by atomic mass is 32.1. The standard InChI is InChI=1S/C17H20FN3OS/c18-13-5-3-12(4-6-13)8-17-21-15(11-23-17)9-16(22)20-14-2-1-7-19-10-14/h3-6,11,14,19H,1-2,7-10H2,(H,20,22). The van der Waals surface area contributed by atoms with Crippen molar-refractivity contribution in [3.8, 4) is 0 Å². The molecular formula is C17H20FN3OS. The topological polar surface area (TPSA) is 54.0 Å². The molecule has 2 aromatic rings. The van der Waals surface area contributed by atoms with Gasteiger partial charge in [-0.1, -0.05) is 12.1 Å². The quantitative estimate of drug-likeness (QED) is 0.883. The fourth-order valence-electron chi connectivity index (χ4n) is 2.71. The van der Waals surface area contributed by atoms with Gasteiger partial charge in [-0.3, -0.25) is 4.79 Å². The Kier molecular flexibility index (Phi) is 5.35. The Hall–Kier alpha value is -1.79. The van der Waals surface area contributed by atoms with E-state index in [4.69, 9.17) is 0 Å². The Morgan fingerprint density at radius 1 is 1.39 bits per heavy atom. The monoisotopic (exact) mass is 333 g/mol. The molecule has 122 valence electrons. The van der Waals surface area contributed by atoms with Crippen LogP contribution in [0.15, 0.2) is 29.6 Å². The van der Waals surface area contributed by atoms with Crippen molar-refractivity contribution in [2.45, 2.75) is 31.7 Å². The number of nitrogens with one attached hydrogen (secondary N) is 2. The molecule has 0 radical (unpaired) electrons. The number of benzene rings is 1. The minimum absolute atomic E-state index is 0.0253. The van der Waals surface area contributed by atoms with Crippen molar-refractivity contribution in [2.24, 2.45) is 0 Å². The van der Waals surface area contributed by atoms with Gasteiger partial charge in [-0.25, -0.2) is 9.37 Å². The maximum atomic E-state index is 12.9. The van der Waals surface area contributed by atoms with E-state index in [1.807, 2.05) is 5.38 Å². The van der Waals surface area contributed by atoms with Crippen LogP contribution < -0.4 is 10.6 Å². The third-order valence-corrected chi connectivity index (χ3v) is 4.77. The van der Waals surface area contributed by atoms with Gasteiger partial charge in [0.25, 0.3) is 0 Å². The normalized spacial score (nSPS) is 17.9. The van der Waals surface area contributed by atoms with Crippen molar-refractivity contribution >= 4 is 17.2 Å². The molecule has 0 saturated carbocycles. The largest absolute Gasteiger partial charge is 0.352 e. The first-order chi connectivity index (χ1) is 11.2. The van der Waals surface area contributed by atoms with Gasteiger partial charge in [0.05, 0.1) is 17.1 Å². The van der Waals surface area contributed by atoms with Crippen molar-refractivity contribution in [1.29, 1.82) is 0 Å². The number of rotatable bonds is 5. The zero-order valence-electron chi connectivity index (χ0n) is 12.8. The van der Waals surface area contributed by atoms with Gasteiger partial charge in [-0.15, -0.1) is 11.3 Å². The van der Waals surface area contributed by atoms with Crippen molar-refractivity contribution in [3.63, 3.8) is 0 Å². The Morgan fingerprint density at radius 2 is 2.22 bits per heavy atom. The zero-order chi connectivity index (χ0) is 16.1. The zero-order valence-corrected chi connectivity index (χ0v) is 13.7. The first kappa shape index (κ1) is 16.1. The van der Waals surface area contributed by atoms with Crippen LogP contribution in [0.1, 0.15) is 29.1 Å². The van der Waals surface area contributed by atoms with Gasteiger partial charge in [-0.2, -0.15) is 0 Å². The molecule has 2 heterocycles. The molecule has 1 saturated heterocycles. The Morgan fingerprint density at radius 3 is 2.96 bits per heavy atom. The number of halogens is 1. The predicted octanol–water partition coefficient (Wildman–Crippen LogP) is 2.28. The summed E-state index contributed by atoms with van der Waals surface area (Å²) >= 11 is 1.54. The van der Waals surface area contributed by atoms with Crippen LogP contribution in [-0.4, -0.2) is 30.0 Å². The number of carbonyl (C=O) groups is 1. The molecular weight excluding hydrogens is 313 g/mol. The van der Waals surface area contributed by atoms with Gasteiger partial charge in [0.1, 0.15) is 5.82 Å². The summed E-state index contributed by atoms with van der Waals surface area (Å²) in [5.41, 5.74) is 1.82. The Bertz CT molecular complexity index is 650. The minimum Gasteiger partial charge on any atom is -0.352 e. The molecule has 1 unspecified atom stereocenters. The van der Waals surface area contributed by atoms with Gasteiger partial charge in [-0.05, 0) is 37.1 Å². The van der Waals surface area contributed by atoms with Crippen molar-refractivity contribution in [1.82, 2.24) is 15.6 Å². The number of nitrogens with zero attached hydrogens (tertiary/aromatic N) is 1. The summed E-state index contributed by atoms with van der Waals surface area (Å²) in [6.45, 7) is 1.88. The maximum Gasteiger partial charge on any atom is 0.226 e. The van der Waals surface area contributed by atoms with E-state index in [1.54, 1.807) is 12.1 Å². The van der Waals surface area contributed by atoms with E-state index in [9.17, 15) is 9.18 Å². The van der Waals surface area contributed by atoms with Crippen LogP contribution in [0.4, 0.5) is 4.39 Å². The molecule has 0 aliphatic carbocycles. The van der Waals surface area contributed by atoms with E-state index in [0.717, 1.165) is 42.2 Å². The molecule has 23 heavy (non-hydrogen) atoms. The van der Waals surface area contributed by atoms with Crippen LogP contribution in [0.3, 0.4) is 0 Å². The second-order valence-corrected chi connectivity index (χ2v) is 6.77. The second-order valence-electron chi connectivity index (χ2n) is 5.82. The number of aromatic nitrogens is 1. The molecule has 2 N–H and O–H groups in total. The number of amides is 1. The lowest BCUT2D eigenvalue weighted by Gasteiger charge is -2.23. The van der Waals surface area contributed by atoms with E-state index in [2.05, 4.69) is 15.6 Å². The summed E-state index contributed by atoms with van der Waals surface area (Å²) in [5, 5.41) is 9.21. The summed E-state index contributed by atoms with van der Waals surface area (Å²) in [6.07, 6.45) is 3.12. The van der Waals surface area contributed by atoms with Crippen LogP contribution in [0.25, 0.3) is 0 Å². The van der Waals surface area contributed by atoms with Crippen LogP contribution in [0, 0.1) is 5.82 Å². The van der Waals surface area contributed by atoms with Crippen LogP contribution in [-0.2, 0) is 17.6 Å². The SMILES string of the molecule is O=C(Cc1csc(Cc2ccc(F)cc2)n1)NC1CCCNC1. The van der Waals surface area contributed by atoms with Crippen molar-refractivity contribution < 1.29 is 9.18 Å². The summed E-state index contributed by atoms with van der Waals surface area (Å²) < 4.78 is 12.9. The number of thiazole rings is 1. The van der Waals surface area contributed by atoms with Gasteiger partial charge < -0.3 is 10.6 Å². The predicted molar refractivity (Wildman–Crippen MR) is 89.1 cm³/mol. The molecule has 1 aliphatic heterocycles. The van der Waals surface area contributed by atoms with E-state index in [-0.39, 0.29) is 17.8 Å². The lowest BCUT2D eigenvalue weighted by Crippen LogP contribution is -2.46. The lowest BCUT2D eigenvalue weighted by molar-refractivity contribution is -0.121. The molecule has 1 aromatic carbocycles. The Labute approximate surface area is 139 Å². The van der Waals surface area contributed by atoms with Crippen LogP contribution in [0.2, 0.25) is 0 Å². The third kappa shape index (κ3) is 4.84. The average molecular weight is 333 g/mol. The number of hydrogen-bond acceptors (Lipinski definition) is 4. The molecule has 3 rings (SSSR count). The van der Waals surface area contributed by atoms with Crippen molar-refractivity contribution in [3.05, 3.63) is 51.7 Å². The van der Waals surface area contributed by atoms with Crippen LogP contribution >= 0.6 is 11.3 Å². The summed E-state index contributed by atoms with van der Waals surface area (Å²) in [5.74, 6) is -0.209. The second kappa shape index (κ2) is 7.66. The first-order valence-corrected chi connectivity index (χ1v) is 8.75. The summed E-state index contributed by atoms with van der Waals surface area (Å²) in [4.78, 5) is 16.6. The lowest BCUT2D eigenvalue weighted by atomic mass is 10.1. The molecule has 6 heteroatoms. The summed E-state index contributed by atoms with van der Waals surface area (Å²) in [7, 11) is 0. The molecule has 0 bridgehead atoms. The minimum atomic E-state index is -0.234. The smallest absolute Gasteiger partial charge is 0.226 e. The van der Waals surface area contributed by atoms with Crippen molar-refractivity contribution in [2.75, 3.05) is 13.1 Å². The van der Waals surface area contributed by atoms with Gasteiger partial charge in [0.2, 0.25) is 5.91 Å². The highest BCUT2D eigenvalue weighted by Gasteiger charge is 2.16. The maximum absolute atomic E-state index is 12.9. The molecule has 1 fully saturated rings. The van der Waals surface area contributed by atoms with Gasteiger partial charge in [0, 0.05) is 24.4 Å². The Balaban J connectivity index is 1.52. The van der Waals surface area contributed by atoms with E-state index >= 15 is 0 Å². The molecule has 4 nitrogen and oxygen atoms in total. The average Bonchev–Trinajstić information content (AvgIpc) is 2.97. The number of piperidine rings is 1. The van der Waals surface area contributed by atoms with E-state index < -0.39 is 0 Å². The third-order valence-electron chi connectivity index (χ3n) is 3.87. The van der Waals surface area contributed by atoms with Gasteiger partial charge >= 0.3 is 0 Å². The van der Waals surface area contributed by atoms with Gasteiger partial charge in [0.15, 0.2) is 0 Å². The van der Waals surface area contributed by atoms with Crippen LogP contribution in [0.5, 0.6) is 0 Å². The molecule has 1 atom stereocenters. The molecule has 0 spiro atoms. The number of carbonyl (C=O) groups excluding carboxylic acids is 1. The highest BCUT2D eigenvalue weighted by molar-refractivity contribution is 7.09. The molecule has 1 amide bonds. The molecule has 1 aromatic heterocycles.